The smallest absolute Gasteiger partial charge is 0.342 e. The molecule has 0 aliphatic rings. The molecule has 0 radical (unpaired) electrons. The molecule has 3 aromatic rings. The van der Waals surface area contributed by atoms with E-state index in [0.717, 1.165) is 5.56 Å². The summed E-state index contributed by atoms with van der Waals surface area (Å²) in [6.45, 7) is 1.90. The number of rotatable bonds is 6. The summed E-state index contributed by atoms with van der Waals surface area (Å²) in [4.78, 5) is 24.5. The number of carbonyl (C=O) groups excluding carboxylic acids is 2. The van der Waals surface area contributed by atoms with E-state index in [1.54, 1.807) is 41.2 Å². The molecule has 0 spiro atoms. The molecule has 1 N–H and O–H groups in total. The minimum absolute atomic E-state index is 0.240. The Bertz CT molecular complexity index is 1000. The maximum Gasteiger partial charge on any atom is 0.342 e. The van der Waals surface area contributed by atoms with Gasteiger partial charge in [0.2, 0.25) is 0 Å². The van der Waals surface area contributed by atoms with Gasteiger partial charge in [-0.05, 0) is 30.7 Å². The van der Waals surface area contributed by atoms with Crippen molar-refractivity contribution in [1.29, 1.82) is 0 Å². The molecule has 8 heteroatoms. The van der Waals surface area contributed by atoms with Gasteiger partial charge in [0.1, 0.15) is 0 Å². The van der Waals surface area contributed by atoms with E-state index in [0.29, 0.717) is 22.3 Å². The fraction of sp³-hybridized carbons (Fsp3) is 0.150. The van der Waals surface area contributed by atoms with Gasteiger partial charge >= 0.3 is 5.97 Å². The van der Waals surface area contributed by atoms with Gasteiger partial charge in [0, 0.05) is 11.2 Å². The van der Waals surface area contributed by atoms with Crippen LogP contribution in [0.5, 0.6) is 0 Å². The molecule has 1 atom stereocenters. The maximum atomic E-state index is 12.3. The van der Waals surface area contributed by atoms with E-state index in [1.807, 2.05) is 18.2 Å². The molecule has 144 valence electrons. The summed E-state index contributed by atoms with van der Waals surface area (Å²) >= 11 is 12.2. The van der Waals surface area contributed by atoms with Gasteiger partial charge in [-0.2, -0.15) is 5.10 Å². The summed E-state index contributed by atoms with van der Waals surface area (Å²) in [7, 11) is 0. The Hall–Kier alpha value is -2.83. The quantitative estimate of drug-likeness (QED) is 0.602. The highest BCUT2D eigenvalue weighted by Gasteiger charge is 2.20. The van der Waals surface area contributed by atoms with Crippen molar-refractivity contribution in [3.05, 3.63) is 82.1 Å². The minimum Gasteiger partial charge on any atom is -0.449 e. The van der Waals surface area contributed by atoms with E-state index in [4.69, 9.17) is 27.9 Å². The Labute approximate surface area is 172 Å². The highest BCUT2D eigenvalue weighted by molar-refractivity contribution is 6.33. The van der Waals surface area contributed by atoms with E-state index < -0.39 is 18.0 Å². The fourth-order valence-electron chi connectivity index (χ4n) is 2.44. The van der Waals surface area contributed by atoms with Crippen LogP contribution in [0.25, 0.3) is 0 Å². The number of hydrogen-bond acceptors (Lipinski definition) is 4. The lowest BCUT2D eigenvalue weighted by Gasteiger charge is -2.13. The molecule has 0 fully saturated rings. The third-order valence-electron chi connectivity index (χ3n) is 3.94. The second kappa shape index (κ2) is 8.91. The molecule has 0 bridgehead atoms. The molecular weight excluding hydrogens is 401 g/mol. The number of hydrogen-bond donors (Lipinski definition) is 1. The molecule has 6 nitrogen and oxygen atoms in total. The lowest BCUT2D eigenvalue weighted by molar-refractivity contribution is -0.123. The number of carbonyl (C=O) groups is 2. The van der Waals surface area contributed by atoms with Crippen LogP contribution in [0.3, 0.4) is 0 Å². The van der Waals surface area contributed by atoms with Gasteiger partial charge in [-0.3, -0.25) is 9.48 Å². The monoisotopic (exact) mass is 417 g/mol. The first kappa shape index (κ1) is 19.9. The summed E-state index contributed by atoms with van der Waals surface area (Å²) in [6.07, 6.45) is 1.93. The van der Waals surface area contributed by atoms with Crippen LogP contribution in [0.4, 0.5) is 5.69 Å². The summed E-state index contributed by atoms with van der Waals surface area (Å²) in [5.74, 6) is -1.13. The summed E-state index contributed by atoms with van der Waals surface area (Å²) < 4.78 is 6.80. The fourth-order valence-corrected chi connectivity index (χ4v) is 2.81. The van der Waals surface area contributed by atoms with E-state index in [2.05, 4.69) is 10.4 Å². The Morgan fingerprint density at radius 1 is 1.11 bits per heavy atom. The number of halogens is 2. The van der Waals surface area contributed by atoms with E-state index in [1.165, 1.54) is 13.1 Å². The van der Waals surface area contributed by atoms with Crippen LogP contribution >= 0.6 is 23.2 Å². The largest absolute Gasteiger partial charge is 0.449 e. The van der Waals surface area contributed by atoms with Gasteiger partial charge < -0.3 is 10.1 Å². The molecular formula is C20H17Cl2N3O3. The molecule has 1 unspecified atom stereocenters. The molecule has 2 aromatic carbocycles. The van der Waals surface area contributed by atoms with Gasteiger partial charge in [0.15, 0.2) is 6.10 Å². The minimum atomic E-state index is -1.00. The number of esters is 1. The van der Waals surface area contributed by atoms with Crippen LogP contribution in [-0.2, 0) is 16.1 Å². The average molecular weight is 418 g/mol. The van der Waals surface area contributed by atoms with Crippen molar-refractivity contribution in [2.45, 2.75) is 19.6 Å². The molecule has 1 amide bonds. The zero-order valence-corrected chi connectivity index (χ0v) is 16.4. The highest BCUT2D eigenvalue weighted by atomic mass is 35.5. The van der Waals surface area contributed by atoms with Gasteiger partial charge in [0.05, 0.1) is 29.0 Å². The lowest BCUT2D eigenvalue weighted by Crippen LogP contribution is -2.30. The van der Waals surface area contributed by atoms with Crippen molar-refractivity contribution in [1.82, 2.24) is 9.78 Å². The number of ether oxygens (including phenoxy) is 1. The van der Waals surface area contributed by atoms with Gasteiger partial charge in [0.25, 0.3) is 5.91 Å². The number of nitrogens with one attached hydrogen (secondary N) is 1. The van der Waals surface area contributed by atoms with Crippen LogP contribution in [0.2, 0.25) is 10.0 Å². The van der Waals surface area contributed by atoms with Crippen molar-refractivity contribution in [3.8, 4) is 0 Å². The zero-order valence-electron chi connectivity index (χ0n) is 14.9. The third-order valence-corrected chi connectivity index (χ3v) is 4.64. The molecule has 0 saturated carbocycles. The summed E-state index contributed by atoms with van der Waals surface area (Å²) in [6, 6.07) is 14.2. The molecule has 0 aliphatic carbocycles. The lowest BCUT2D eigenvalue weighted by atomic mass is 10.2. The number of amides is 1. The first-order valence-electron chi connectivity index (χ1n) is 8.46. The van der Waals surface area contributed by atoms with E-state index >= 15 is 0 Å². The van der Waals surface area contributed by atoms with E-state index in [9.17, 15) is 9.59 Å². The van der Waals surface area contributed by atoms with Crippen molar-refractivity contribution in [2.24, 2.45) is 0 Å². The number of para-hydroxylation sites is 1. The van der Waals surface area contributed by atoms with Crippen LogP contribution in [-0.4, -0.2) is 27.8 Å². The zero-order chi connectivity index (χ0) is 20.1. The molecule has 1 aromatic heterocycles. The second-order valence-electron chi connectivity index (χ2n) is 6.03. The van der Waals surface area contributed by atoms with Gasteiger partial charge in [-0.25, -0.2) is 4.79 Å². The van der Waals surface area contributed by atoms with Crippen LogP contribution in [0, 0.1) is 0 Å². The summed E-state index contributed by atoms with van der Waals surface area (Å²) in [5.41, 5.74) is 1.56. The molecule has 3 rings (SSSR count). The number of nitrogens with zero attached hydrogens (tertiary/aromatic N) is 2. The van der Waals surface area contributed by atoms with Crippen molar-refractivity contribution >= 4 is 40.8 Å². The predicted octanol–water partition coefficient (Wildman–Crippen LogP) is 4.42. The number of aromatic nitrogens is 2. The highest BCUT2D eigenvalue weighted by Crippen LogP contribution is 2.21. The average Bonchev–Trinajstić information content (AvgIpc) is 3.14. The second-order valence-corrected chi connectivity index (χ2v) is 6.85. The normalized spacial score (nSPS) is 11.7. The third kappa shape index (κ3) is 4.91. The first-order valence-corrected chi connectivity index (χ1v) is 9.22. The first-order chi connectivity index (χ1) is 13.4. The van der Waals surface area contributed by atoms with Gasteiger partial charge in [-0.15, -0.1) is 0 Å². The Kier molecular flexibility index (Phi) is 6.34. The number of anilines is 1. The molecule has 0 aliphatic heterocycles. The van der Waals surface area contributed by atoms with Crippen molar-refractivity contribution in [3.63, 3.8) is 0 Å². The summed E-state index contributed by atoms with van der Waals surface area (Å²) in [5, 5.41) is 7.79. The Morgan fingerprint density at radius 2 is 1.79 bits per heavy atom. The van der Waals surface area contributed by atoms with Crippen molar-refractivity contribution in [2.75, 3.05) is 5.32 Å². The molecule has 28 heavy (non-hydrogen) atoms. The van der Waals surface area contributed by atoms with Crippen LogP contribution in [0.1, 0.15) is 22.8 Å². The van der Waals surface area contributed by atoms with Gasteiger partial charge in [-0.1, -0.05) is 53.5 Å². The molecule has 0 saturated heterocycles. The number of benzene rings is 2. The van der Waals surface area contributed by atoms with Crippen molar-refractivity contribution < 1.29 is 14.3 Å². The topological polar surface area (TPSA) is 73.2 Å². The van der Waals surface area contributed by atoms with E-state index in [-0.39, 0.29) is 5.56 Å². The standard InChI is InChI=1S/C20H17Cl2N3O3/c1-13(19(26)24-18-9-5-4-8-17(18)22)28-20(27)15-10-23-25(12-15)11-14-6-2-3-7-16(14)21/h2-10,12-13H,11H2,1H3,(H,24,26). The molecule has 1 heterocycles. The van der Waals surface area contributed by atoms with Crippen LogP contribution < -0.4 is 5.32 Å². The SMILES string of the molecule is CC(OC(=O)c1cnn(Cc2ccccc2Cl)c1)C(=O)Nc1ccccc1Cl. The Balaban J connectivity index is 1.60. The van der Waals surface area contributed by atoms with Crippen LogP contribution in [0.15, 0.2) is 60.9 Å². The maximum absolute atomic E-state index is 12.3. The predicted molar refractivity (Wildman–Crippen MR) is 108 cm³/mol. The Morgan fingerprint density at radius 3 is 2.50 bits per heavy atom.